The van der Waals surface area contributed by atoms with Gasteiger partial charge in [-0.1, -0.05) is 12.1 Å². The summed E-state index contributed by atoms with van der Waals surface area (Å²) in [4.78, 5) is 10.2. The van der Waals surface area contributed by atoms with E-state index >= 15 is 0 Å². The van der Waals surface area contributed by atoms with E-state index in [4.69, 9.17) is 5.11 Å². The number of hydrogen-bond donors (Lipinski definition) is 2. The number of para-hydroxylation sites is 2. The summed E-state index contributed by atoms with van der Waals surface area (Å²) in [5, 5.41) is 22.6. The van der Waals surface area contributed by atoms with E-state index in [0.29, 0.717) is 18.7 Å². The summed E-state index contributed by atoms with van der Waals surface area (Å²) in [6.45, 7) is 2.20. The van der Waals surface area contributed by atoms with Crippen LogP contribution in [0.1, 0.15) is 13.3 Å². The van der Waals surface area contributed by atoms with E-state index in [1.54, 1.807) is 25.1 Å². The molecule has 1 aromatic carbocycles. The molecule has 0 radical (unpaired) electrons. The van der Waals surface area contributed by atoms with Crippen LogP contribution >= 0.6 is 0 Å². The number of nitrogens with zero attached hydrogens (tertiary/aromatic N) is 1. The maximum atomic E-state index is 10.6. The van der Waals surface area contributed by atoms with Crippen LogP contribution in [-0.4, -0.2) is 22.7 Å². The van der Waals surface area contributed by atoms with Gasteiger partial charge in [-0.3, -0.25) is 10.1 Å². The third-order valence-electron chi connectivity index (χ3n) is 1.98. The Morgan fingerprint density at radius 2 is 2.20 bits per heavy atom. The minimum absolute atomic E-state index is 0.0584. The molecule has 5 nitrogen and oxygen atoms in total. The number of benzene rings is 1. The lowest BCUT2D eigenvalue weighted by Crippen LogP contribution is -2.10. The number of nitro groups is 1. The molecule has 1 aromatic rings. The molecule has 0 bridgehead atoms. The van der Waals surface area contributed by atoms with Gasteiger partial charge in [0.2, 0.25) is 0 Å². The molecule has 0 aliphatic carbocycles. The SMILES string of the molecule is CC(O)CCNc1ccccc1[N+](=O)[O-]. The van der Waals surface area contributed by atoms with Gasteiger partial charge < -0.3 is 10.4 Å². The first kappa shape index (κ1) is 11.5. The van der Waals surface area contributed by atoms with Gasteiger partial charge in [0.15, 0.2) is 0 Å². The van der Waals surface area contributed by atoms with Gasteiger partial charge in [0.05, 0.1) is 11.0 Å². The van der Waals surface area contributed by atoms with Crippen molar-refractivity contribution in [2.75, 3.05) is 11.9 Å². The Kier molecular flexibility index (Phi) is 4.05. The summed E-state index contributed by atoms with van der Waals surface area (Å²) in [5.74, 6) is 0. The van der Waals surface area contributed by atoms with Crippen molar-refractivity contribution in [2.24, 2.45) is 0 Å². The number of anilines is 1. The van der Waals surface area contributed by atoms with Crippen molar-refractivity contribution in [1.82, 2.24) is 0 Å². The summed E-state index contributed by atoms with van der Waals surface area (Å²) >= 11 is 0. The molecule has 1 unspecified atom stereocenters. The maximum Gasteiger partial charge on any atom is 0.292 e. The number of nitrogens with one attached hydrogen (secondary N) is 1. The summed E-state index contributed by atoms with van der Waals surface area (Å²) in [6.07, 6.45) is 0.159. The smallest absolute Gasteiger partial charge is 0.292 e. The number of aliphatic hydroxyl groups excluding tert-OH is 1. The van der Waals surface area contributed by atoms with Crippen LogP contribution in [0.15, 0.2) is 24.3 Å². The van der Waals surface area contributed by atoms with E-state index in [0.717, 1.165) is 0 Å². The first-order valence-corrected chi connectivity index (χ1v) is 4.76. The highest BCUT2D eigenvalue weighted by Gasteiger charge is 2.11. The second-order valence-corrected chi connectivity index (χ2v) is 3.34. The first-order valence-electron chi connectivity index (χ1n) is 4.76. The Hall–Kier alpha value is -1.62. The van der Waals surface area contributed by atoms with E-state index in [-0.39, 0.29) is 5.69 Å². The van der Waals surface area contributed by atoms with Crippen LogP contribution in [-0.2, 0) is 0 Å². The van der Waals surface area contributed by atoms with Gasteiger partial charge in [0, 0.05) is 12.6 Å². The average Bonchev–Trinajstić information content (AvgIpc) is 2.17. The maximum absolute atomic E-state index is 10.6. The van der Waals surface area contributed by atoms with Gasteiger partial charge in [0.1, 0.15) is 5.69 Å². The third kappa shape index (κ3) is 3.55. The second-order valence-electron chi connectivity index (χ2n) is 3.34. The van der Waals surface area contributed by atoms with Crippen molar-refractivity contribution in [1.29, 1.82) is 0 Å². The minimum atomic E-state index is -0.426. The average molecular weight is 210 g/mol. The highest BCUT2D eigenvalue weighted by Crippen LogP contribution is 2.22. The zero-order valence-corrected chi connectivity index (χ0v) is 8.51. The Morgan fingerprint density at radius 3 is 2.80 bits per heavy atom. The molecule has 5 heteroatoms. The molecule has 1 rings (SSSR count). The molecule has 0 aromatic heterocycles. The molecule has 15 heavy (non-hydrogen) atoms. The fraction of sp³-hybridized carbons (Fsp3) is 0.400. The second kappa shape index (κ2) is 5.31. The standard InChI is InChI=1S/C10H14N2O3/c1-8(13)6-7-11-9-4-2-3-5-10(9)12(14)15/h2-5,8,11,13H,6-7H2,1H3. The predicted octanol–water partition coefficient (Wildman–Crippen LogP) is 1.78. The lowest BCUT2D eigenvalue weighted by Gasteiger charge is -2.07. The largest absolute Gasteiger partial charge is 0.393 e. The fourth-order valence-corrected chi connectivity index (χ4v) is 1.20. The van der Waals surface area contributed by atoms with Crippen LogP contribution in [0.4, 0.5) is 11.4 Å². The van der Waals surface area contributed by atoms with Crippen molar-refractivity contribution in [3.8, 4) is 0 Å². The number of hydrogen-bond acceptors (Lipinski definition) is 4. The molecule has 82 valence electrons. The van der Waals surface area contributed by atoms with Crippen molar-refractivity contribution < 1.29 is 10.0 Å². The van der Waals surface area contributed by atoms with Gasteiger partial charge in [-0.2, -0.15) is 0 Å². The lowest BCUT2D eigenvalue weighted by atomic mass is 10.2. The molecular weight excluding hydrogens is 196 g/mol. The summed E-state index contributed by atoms with van der Waals surface area (Å²) in [5.41, 5.74) is 0.547. The van der Waals surface area contributed by atoms with Gasteiger partial charge >= 0.3 is 0 Å². The Labute approximate surface area is 87.9 Å². The van der Waals surface area contributed by atoms with Crippen molar-refractivity contribution >= 4 is 11.4 Å². The number of aliphatic hydroxyl groups is 1. The molecule has 1 atom stereocenters. The van der Waals surface area contributed by atoms with Crippen LogP contribution in [0.5, 0.6) is 0 Å². The Morgan fingerprint density at radius 1 is 1.53 bits per heavy atom. The molecule has 0 saturated carbocycles. The highest BCUT2D eigenvalue weighted by atomic mass is 16.6. The molecule has 0 fully saturated rings. The molecule has 0 aliphatic heterocycles. The van der Waals surface area contributed by atoms with Gasteiger partial charge in [0.25, 0.3) is 5.69 Å². The van der Waals surface area contributed by atoms with E-state index in [1.807, 2.05) is 0 Å². The highest BCUT2D eigenvalue weighted by molar-refractivity contribution is 5.60. The van der Waals surface area contributed by atoms with E-state index in [2.05, 4.69) is 5.32 Å². The predicted molar refractivity (Wildman–Crippen MR) is 57.9 cm³/mol. The minimum Gasteiger partial charge on any atom is -0.393 e. The fourth-order valence-electron chi connectivity index (χ4n) is 1.20. The van der Waals surface area contributed by atoms with Crippen LogP contribution in [0.25, 0.3) is 0 Å². The van der Waals surface area contributed by atoms with Crippen molar-refractivity contribution in [3.05, 3.63) is 34.4 Å². The van der Waals surface area contributed by atoms with Gasteiger partial charge in [-0.15, -0.1) is 0 Å². The first-order chi connectivity index (χ1) is 7.11. The quantitative estimate of drug-likeness (QED) is 0.573. The van der Waals surface area contributed by atoms with Crippen LogP contribution in [0.2, 0.25) is 0 Å². The topological polar surface area (TPSA) is 75.4 Å². The molecule has 0 amide bonds. The summed E-state index contributed by atoms with van der Waals surface area (Å²) in [6, 6.07) is 6.46. The molecule has 2 N–H and O–H groups in total. The van der Waals surface area contributed by atoms with Crippen molar-refractivity contribution in [3.63, 3.8) is 0 Å². The number of rotatable bonds is 5. The van der Waals surface area contributed by atoms with E-state index < -0.39 is 11.0 Å². The summed E-state index contributed by atoms with van der Waals surface area (Å²) in [7, 11) is 0. The van der Waals surface area contributed by atoms with Gasteiger partial charge in [-0.25, -0.2) is 0 Å². The van der Waals surface area contributed by atoms with Gasteiger partial charge in [-0.05, 0) is 19.4 Å². The summed E-state index contributed by atoms with van der Waals surface area (Å²) < 4.78 is 0. The monoisotopic (exact) mass is 210 g/mol. The van der Waals surface area contributed by atoms with Crippen LogP contribution < -0.4 is 5.32 Å². The van der Waals surface area contributed by atoms with Crippen molar-refractivity contribution in [2.45, 2.75) is 19.4 Å². The zero-order chi connectivity index (χ0) is 11.3. The molecule has 0 aliphatic rings. The van der Waals surface area contributed by atoms with Crippen LogP contribution in [0, 0.1) is 10.1 Å². The van der Waals surface area contributed by atoms with E-state index in [9.17, 15) is 10.1 Å². The molecule has 0 heterocycles. The van der Waals surface area contributed by atoms with E-state index in [1.165, 1.54) is 6.07 Å². The lowest BCUT2D eigenvalue weighted by molar-refractivity contribution is -0.384. The normalized spacial score (nSPS) is 12.1. The Bertz CT molecular complexity index is 339. The molecule has 0 saturated heterocycles. The Balaban J connectivity index is 2.63. The molecular formula is C10H14N2O3. The van der Waals surface area contributed by atoms with Crippen LogP contribution in [0.3, 0.4) is 0 Å². The zero-order valence-electron chi connectivity index (χ0n) is 8.51. The number of nitro benzene ring substituents is 1. The molecule has 0 spiro atoms. The third-order valence-corrected chi connectivity index (χ3v) is 1.98.